The molecule has 15 heavy (non-hydrogen) atoms. The standard InChI is InChI=1S/C12H21NO2/c1-13(8-11(14)10-5-6-10)12(15)7-9-3-2-4-9/h9-11,14H,2-8H2,1H3. The lowest BCUT2D eigenvalue weighted by atomic mass is 9.83. The van der Waals surface area contributed by atoms with E-state index in [1.807, 2.05) is 7.05 Å². The number of aliphatic hydroxyl groups is 1. The van der Waals surface area contributed by atoms with E-state index in [4.69, 9.17) is 0 Å². The van der Waals surface area contributed by atoms with E-state index < -0.39 is 0 Å². The van der Waals surface area contributed by atoms with Crippen molar-refractivity contribution in [2.45, 2.75) is 44.6 Å². The van der Waals surface area contributed by atoms with Crippen LogP contribution < -0.4 is 0 Å². The van der Waals surface area contributed by atoms with Crippen LogP contribution in [0.2, 0.25) is 0 Å². The highest BCUT2D eigenvalue weighted by molar-refractivity contribution is 5.76. The molecular weight excluding hydrogens is 190 g/mol. The average Bonchev–Trinajstić information content (AvgIpc) is 2.93. The van der Waals surface area contributed by atoms with Crippen LogP contribution in [0.3, 0.4) is 0 Å². The second-order valence-corrected chi connectivity index (χ2v) is 5.18. The molecule has 0 saturated heterocycles. The number of carbonyl (C=O) groups excluding carboxylic acids is 1. The molecule has 0 aliphatic heterocycles. The van der Waals surface area contributed by atoms with Crippen molar-refractivity contribution in [2.24, 2.45) is 11.8 Å². The molecule has 2 saturated carbocycles. The zero-order valence-electron chi connectivity index (χ0n) is 9.48. The van der Waals surface area contributed by atoms with Gasteiger partial charge in [0.15, 0.2) is 0 Å². The van der Waals surface area contributed by atoms with Gasteiger partial charge in [0, 0.05) is 20.0 Å². The molecule has 86 valence electrons. The molecule has 3 heteroatoms. The van der Waals surface area contributed by atoms with Gasteiger partial charge in [0.2, 0.25) is 5.91 Å². The molecule has 2 aliphatic carbocycles. The van der Waals surface area contributed by atoms with Crippen molar-refractivity contribution >= 4 is 5.91 Å². The van der Waals surface area contributed by atoms with Crippen molar-refractivity contribution in [2.75, 3.05) is 13.6 Å². The quantitative estimate of drug-likeness (QED) is 0.747. The van der Waals surface area contributed by atoms with Gasteiger partial charge < -0.3 is 10.0 Å². The third kappa shape index (κ3) is 2.94. The molecule has 1 N–H and O–H groups in total. The summed E-state index contributed by atoms with van der Waals surface area (Å²) in [7, 11) is 1.81. The fraction of sp³-hybridized carbons (Fsp3) is 0.917. The van der Waals surface area contributed by atoms with Gasteiger partial charge in [0.1, 0.15) is 0 Å². The summed E-state index contributed by atoms with van der Waals surface area (Å²) in [5.41, 5.74) is 0. The van der Waals surface area contributed by atoms with E-state index >= 15 is 0 Å². The Labute approximate surface area is 91.5 Å². The monoisotopic (exact) mass is 211 g/mol. The minimum Gasteiger partial charge on any atom is -0.391 e. The minimum absolute atomic E-state index is 0.208. The highest BCUT2D eigenvalue weighted by Gasteiger charge is 2.31. The first-order valence-electron chi connectivity index (χ1n) is 6.09. The van der Waals surface area contributed by atoms with E-state index in [1.165, 1.54) is 19.3 Å². The van der Waals surface area contributed by atoms with E-state index in [2.05, 4.69) is 0 Å². The van der Waals surface area contributed by atoms with E-state index in [-0.39, 0.29) is 12.0 Å². The molecule has 0 bridgehead atoms. The smallest absolute Gasteiger partial charge is 0.222 e. The Hall–Kier alpha value is -0.570. The maximum atomic E-state index is 11.7. The molecule has 0 spiro atoms. The second-order valence-electron chi connectivity index (χ2n) is 5.18. The molecule has 2 rings (SSSR count). The van der Waals surface area contributed by atoms with Crippen LogP contribution in [0.4, 0.5) is 0 Å². The number of hydrogen-bond acceptors (Lipinski definition) is 2. The normalized spacial score (nSPS) is 23.3. The number of rotatable bonds is 5. The Bertz CT molecular complexity index is 234. The molecule has 1 unspecified atom stereocenters. The minimum atomic E-state index is -0.291. The number of carbonyl (C=O) groups is 1. The maximum Gasteiger partial charge on any atom is 0.222 e. The first-order valence-corrected chi connectivity index (χ1v) is 6.09. The van der Waals surface area contributed by atoms with Crippen molar-refractivity contribution in [3.05, 3.63) is 0 Å². The van der Waals surface area contributed by atoms with Crippen LogP contribution in [0.15, 0.2) is 0 Å². The first-order chi connectivity index (χ1) is 7.16. The predicted octanol–water partition coefficient (Wildman–Crippen LogP) is 1.41. The largest absolute Gasteiger partial charge is 0.391 e. The van der Waals surface area contributed by atoms with Crippen LogP contribution in [0.5, 0.6) is 0 Å². The maximum absolute atomic E-state index is 11.7. The van der Waals surface area contributed by atoms with E-state index in [0.29, 0.717) is 24.8 Å². The summed E-state index contributed by atoms with van der Waals surface area (Å²) in [4.78, 5) is 13.4. The van der Waals surface area contributed by atoms with Crippen molar-refractivity contribution in [3.63, 3.8) is 0 Å². The predicted molar refractivity (Wildman–Crippen MR) is 58.3 cm³/mol. The van der Waals surface area contributed by atoms with E-state index in [1.54, 1.807) is 4.90 Å². The molecule has 0 aromatic heterocycles. The lowest BCUT2D eigenvalue weighted by molar-refractivity contribution is -0.132. The topological polar surface area (TPSA) is 40.5 Å². The van der Waals surface area contributed by atoms with Gasteiger partial charge in [-0.25, -0.2) is 0 Å². The van der Waals surface area contributed by atoms with E-state index in [9.17, 15) is 9.90 Å². The highest BCUT2D eigenvalue weighted by atomic mass is 16.3. The van der Waals surface area contributed by atoms with Gasteiger partial charge in [-0.15, -0.1) is 0 Å². The van der Waals surface area contributed by atoms with Gasteiger partial charge in [-0.1, -0.05) is 6.42 Å². The highest BCUT2D eigenvalue weighted by Crippen LogP contribution is 2.33. The summed E-state index contributed by atoms with van der Waals surface area (Å²) >= 11 is 0. The summed E-state index contributed by atoms with van der Waals surface area (Å²) in [6.07, 6.45) is 6.37. The van der Waals surface area contributed by atoms with Crippen LogP contribution >= 0.6 is 0 Å². The van der Waals surface area contributed by atoms with Gasteiger partial charge in [-0.2, -0.15) is 0 Å². The van der Waals surface area contributed by atoms with E-state index in [0.717, 1.165) is 12.8 Å². The molecule has 0 radical (unpaired) electrons. The Morgan fingerprint density at radius 3 is 2.53 bits per heavy atom. The fourth-order valence-electron chi connectivity index (χ4n) is 2.11. The Kier molecular flexibility index (Phi) is 3.29. The Morgan fingerprint density at radius 2 is 2.07 bits per heavy atom. The SMILES string of the molecule is CN(CC(O)C1CC1)C(=O)CC1CCC1. The fourth-order valence-corrected chi connectivity index (χ4v) is 2.11. The summed E-state index contributed by atoms with van der Waals surface area (Å²) < 4.78 is 0. The molecule has 0 aromatic rings. The van der Waals surface area contributed by atoms with Crippen molar-refractivity contribution < 1.29 is 9.90 Å². The van der Waals surface area contributed by atoms with Crippen LogP contribution in [-0.2, 0) is 4.79 Å². The number of amides is 1. The average molecular weight is 211 g/mol. The van der Waals surface area contributed by atoms with Crippen LogP contribution in [-0.4, -0.2) is 35.6 Å². The number of likely N-dealkylation sites (N-methyl/N-ethyl adjacent to an activating group) is 1. The lowest BCUT2D eigenvalue weighted by Gasteiger charge is -2.28. The molecular formula is C12H21NO2. The third-order valence-corrected chi connectivity index (χ3v) is 3.74. The molecule has 0 heterocycles. The van der Waals surface area contributed by atoms with Gasteiger partial charge in [-0.05, 0) is 37.5 Å². The van der Waals surface area contributed by atoms with Gasteiger partial charge >= 0.3 is 0 Å². The lowest BCUT2D eigenvalue weighted by Crippen LogP contribution is -2.36. The Morgan fingerprint density at radius 1 is 1.40 bits per heavy atom. The molecule has 2 fully saturated rings. The summed E-state index contributed by atoms with van der Waals surface area (Å²) in [5.74, 6) is 1.29. The molecule has 1 amide bonds. The number of nitrogens with zero attached hydrogens (tertiary/aromatic N) is 1. The molecule has 3 nitrogen and oxygen atoms in total. The number of aliphatic hydroxyl groups excluding tert-OH is 1. The van der Waals surface area contributed by atoms with Gasteiger partial charge in [-0.3, -0.25) is 4.79 Å². The summed E-state index contributed by atoms with van der Waals surface area (Å²) in [6.45, 7) is 0.524. The molecule has 1 atom stereocenters. The molecule has 0 aromatic carbocycles. The second kappa shape index (κ2) is 4.52. The van der Waals surface area contributed by atoms with Crippen LogP contribution in [0, 0.1) is 11.8 Å². The summed E-state index contributed by atoms with van der Waals surface area (Å²) in [5, 5.41) is 9.72. The zero-order valence-corrected chi connectivity index (χ0v) is 9.48. The van der Waals surface area contributed by atoms with Crippen molar-refractivity contribution in [1.29, 1.82) is 0 Å². The van der Waals surface area contributed by atoms with Crippen molar-refractivity contribution in [3.8, 4) is 0 Å². The number of hydrogen-bond donors (Lipinski definition) is 1. The molecule has 2 aliphatic rings. The van der Waals surface area contributed by atoms with Crippen LogP contribution in [0.25, 0.3) is 0 Å². The van der Waals surface area contributed by atoms with Gasteiger partial charge in [0.05, 0.1) is 6.10 Å². The van der Waals surface area contributed by atoms with Gasteiger partial charge in [0.25, 0.3) is 0 Å². The third-order valence-electron chi connectivity index (χ3n) is 3.74. The first kappa shape index (κ1) is 10.9. The van der Waals surface area contributed by atoms with Crippen LogP contribution in [0.1, 0.15) is 38.5 Å². The zero-order chi connectivity index (χ0) is 10.8. The summed E-state index contributed by atoms with van der Waals surface area (Å²) in [6, 6.07) is 0. The van der Waals surface area contributed by atoms with Crippen molar-refractivity contribution in [1.82, 2.24) is 4.90 Å². The Balaban J connectivity index is 1.68.